The highest BCUT2D eigenvalue weighted by Gasteiger charge is 2.35. The van der Waals surface area contributed by atoms with Gasteiger partial charge in [0, 0.05) is 62.3 Å². The highest BCUT2D eigenvalue weighted by atomic mass is 16.2. The molecule has 3 aliphatic rings. The molecule has 30 heavy (non-hydrogen) atoms. The molecular weight excluding hydrogens is 376 g/mol. The van der Waals surface area contributed by atoms with E-state index < -0.39 is 0 Å². The van der Waals surface area contributed by atoms with Crippen molar-refractivity contribution in [3.05, 3.63) is 53.3 Å². The first-order valence-corrected chi connectivity index (χ1v) is 11.0. The van der Waals surface area contributed by atoms with Crippen molar-refractivity contribution in [3.8, 4) is 0 Å². The second kappa shape index (κ2) is 7.09. The molecule has 0 atom stereocenters. The van der Waals surface area contributed by atoms with Crippen molar-refractivity contribution in [3.63, 3.8) is 0 Å². The molecule has 1 aromatic carbocycles. The third-order valence-electron chi connectivity index (χ3n) is 6.69. The molecule has 154 valence electrons. The van der Waals surface area contributed by atoms with E-state index in [0.717, 1.165) is 63.3 Å². The largest absolute Gasteiger partial charge is 0.355 e. The summed E-state index contributed by atoms with van der Waals surface area (Å²) in [4.78, 5) is 22.2. The predicted octanol–water partition coefficient (Wildman–Crippen LogP) is 1.83. The number of rotatable bonds is 3. The fraction of sp³-hybridized carbons (Fsp3) is 0.435. The van der Waals surface area contributed by atoms with E-state index in [-0.39, 0.29) is 5.91 Å². The van der Waals surface area contributed by atoms with Crippen LogP contribution in [0.2, 0.25) is 0 Å². The van der Waals surface area contributed by atoms with E-state index in [9.17, 15) is 4.79 Å². The number of para-hydroxylation sites is 1. The molecule has 1 amide bonds. The molecule has 0 spiro atoms. The van der Waals surface area contributed by atoms with E-state index >= 15 is 0 Å². The lowest BCUT2D eigenvalue weighted by atomic mass is 9.94. The Labute approximate surface area is 175 Å². The zero-order valence-electron chi connectivity index (χ0n) is 17.0. The van der Waals surface area contributed by atoms with Crippen LogP contribution < -0.4 is 15.1 Å². The van der Waals surface area contributed by atoms with Gasteiger partial charge in [-0.15, -0.1) is 0 Å². The van der Waals surface area contributed by atoms with Gasteiger partial charge in [0.1, 0.15) is 5.82 Å². The van der Waals surface area contributed by atoms with E-state index in [0.29, 0.717) is 12.3 Å². The molecule has 0 bridgehead atoms. The van der Waals surface area contributed by atoms with Crippen LogP contribution in [0.4, 0.5) is 11.5 Å². The van der Waals surface area contributed by atoms with Crippen LogP contribution in [0.5, 0.6) is 0 Å². The summed E-state index contributed by atoms with van der Waals surface area (Å²) in [6.07, 6.45) is 5.33. The zero-order valence-corrected chi connectivity index (χ0v) is 17.0. The average Bonchev–Trinajstić information content (AvgIpc) is 3.30. The van der Waals surface area contributed by atoms with Gasteiger partial charge in [0.15, 0.2) is 5.65 Å². The van der Waals surface area contributed by atoms with Crippen molar-refractivity contribution in [2.45, 2.75) is 25.7 Å². The predicted molar refractivity (Wildman–Crippen MR) is 116 cm³/mol. The van der Waals surface area contributed by atoms with Crippen molar-refractivity contribution >= 4 is 23.1 Å². The number of aromatic nitrogens is 3. The minimum Gasteiger partial charge on any atom is -0.355 e. The van der Waals surface area contributed by atoms with Crippen molar-refractivity contribution < 1.29 is 4.79 Å². The number of carbonyl (C=O) groups is 1. The monoisotopic (exact) mass is 402 g/mol. The summed E-state index contributed by atoms with van der Waals surface area (Å²) in [5.41, 5.74) is 5.81. The van der Waals surface area contributed by atoms with Gasteiger partial charge < -0.3 is 15.1 Å². The number of fused-ring (bicyclic) bond motifs is 3. The topological polar surface area (TPSA) is 65.8 Å². The standard InChI is InChI=1S/C23H26N6O/c30-22(28-12-8-17-3-1-2-4-20(17)28)13-16-14-27(15-16)23-18-5-9-24-10-6-19(18)26-21-7-11-25-29(21)23/h1-4,7,11,16,24H,5-6,8-10,12-15H2. The number of nitrogens with zero attached hydrogens (tertiary/aromatic N) is 5. The van der Waals surface area contributed by atoms with Crippen LogP contribution in [0.3, 0.4) is 0 Å². The molecule has 1 saturated heterocycles. The molecule has 3 aromatic rings. The molecular formula is C23H26N6O. The summed E-state index contributed by atoms with van der Waals surface area (Å²) >= 11 is 0. The summed E-state index contributed by atoms with van der Waals surface area (Å²) in [7, 11) is 0. The third kappa shape index (κ3) is 2.88. The highest BCUT2D eigenvalue weighted by molar-refractivity contribution is 5.95. The number of amides is 1. The van der Waals surface area contributed by atoms with Crippen LogP contribution in [0.15, 0.2) is 36.5 Å². The van der Waals surface area contributed by atoms with Crippen molar-refractivity contribution in [1.29, 1.82) is 0 Å². The van der Waals surface area contributed by atoms with Crippen molar-refractivity contribution in [2.24, 2.45) is 5.92 Å². The van der Waals surface area contributed by atoms with Gasteiger partial charge in [-0.1, -0.05) is 18.2 Å². The minimum atomic E-state index is 0.256. The molecule has 1 fully saturated rings. The summed E-state index contributed by atoms with van der Waals surface area (Å²) in [6, 6.07) is 10.3. The average molecular weight is 403 g/mol. The van der Waals surface area contributed by atoms with E-state index in [4.69, 9.17) is 4.98 Å². The van der Waals surface area contributed by atoms with Crippen molar-refractivity contribution in [2.75, 3.05) is 42.5 Å². The molecule has 0 radical (unpaired) electrons. The first-order valence-electron chi connectivity index (χ1n) is 11.0. The molecule has 1 N–H and O–H groups in total. The quantitative estimate of drug-likeness (QED) is 0.724. The van der Waals surface area contributed by atoms with E-state index in [1.54, 1.807) is 0 Å². The Morgan fingerprint density at radius 1 is 1.10 bits per heavy atom. The van der Waals surface area contributed by atoms with Crippen LogP contribution in [0.25, 0.3) is 5.65 Å². The summed E-state index contributed by atoms with van der Waals surface area (Å²) < 4.78 is 1.99. The van der Waals surface area contributed by atoms with Gasteiger partial charge in [-0.3, -0.25) is 4.79 Å². The van der Waals surface area contributed by atoms with Gasteiger partial charge in [-0.25, -0.2) is 4.98 Å². The Hall–Kier alpha value is -2.93. The minimum absolute atomic E-state index is 0.256. The summed E-state index contributed by atoms with van der Waals surface area (Å²) in [5, 5.41) is 8.03. The number of hydrogen-bond acceptors (Lipinski definition) is 5. The molecule has 6 rings (SSSR count). The van der Waals surface area contributed by atoms with E-state index in [1.165, 1.54) is 22.6 Å². The summed E-state index contributed by atoms with van der Waals surface area (Å²) in [5.74, 6) is 1.83. The SMILES string of the molecule is O=C(CC1CN(c2c3c(nc4ccnn24)CCNCC3)C1)N1CCc2ccccc21. The van der Waals surface area contributed by atoms with Gasteiger partial charge in [0.25, 0.3) is 0 Å². The Balaban J connectivity index is 1.20. The first kappa shape index (κ1) is 17.9. The molecule has 0 saturated carbocycles. The van der Waals surface area contributed by atoms with Crippen LogP contribution in [0, 0.1) is 5.92 Å². The smallest absolute Gasteiger partial charge is 0.227 e. The number of nitrogens with one attached hydrogen (secondary N) is 1. The molecule has 3 aliphatic heterocycles. The lowest BCUT2D eigenvalue weighted by molar-refractivity contribution is -0.119. The molecule has 5 heterocycles. The Kier molecular flexibility index (Phi) is 4.23. The van der Waals surface area contributed by atoms with Crippen molar-refractivity contribution in [1.82, 2.24) is 19.9 Å². The Morgan fingerprint density at radius 3 is 2.90 bits per heavy atom. The number of hydrogen-bond donors (Lipinski definition) is 1. The number of carbonyl (C=O) groups excluding carboxylic acids is 1. The molecule has 7 nitrogen and oxygen atoms in total. The maximum atomic E-state index is 13.0. The normalized spacial score (nSPS) is 18.8. The van der Waals surface area contributed by atoms with Gasteiger partial charge in [0.2, 0.25) is 5.91 Å². The fourth-order valence-electron chi connectivity index (χ4n) is 5.17. The first-order chi connectivity index (χ1) is 14.8. The Bertz CT molecular complexity index is 1120. The van der Waals surface area contributed by atoms with Crippen LogP contribution in [-0.4, -0.2) is 53.2 Å². The van der Waals surface area contributed by atoms with Gasteiger partial charge >= 0.3 is 0 Å². The zero-order chi connectivity index (χ0) is 20.1. The number of anilines is 2. The van der Waals surface area contributed by atoms with Crippen LogP contribution in [0.1, 0.15) is 23.2 Å². The molecule has 0 aliphatic carbocycles. The van der Waals surface area contributed by atoms with Crippen LogP contribution >= 0.6 is 0 Å². The second-order valence-electron chi connectivity index (χ2n) is 8.61. The lowest BCUT2D eigenvalue weighted by Gasteiger charge is -2.42. The van der Waals surface area contributed by atoms with Gasteiger partial charge in [0.05, 0.1) is 11.9 Å². The maximum absolute atomic E-state index is 13.0. The van der Waals surface area contributed by atoms with E-state index in [1.807, 2.05) is 27.7 Å². The van der Waals surface area contributed by atoms with E-state index in [2.05, 4.69) is 33.5 Å². The third-order valence-corrected chi connectivity index (χ3v) is 6.69. The second-order valence-corrected chi connectivity index (χ2v) is 8.61. The van der Waals surface area contributed by atoms with Gasteiger partial charge in [-0.2, -0.15) is 9.61 Å². The number of benzene rings is 1. The maximum Gasteiger partial charge on any atom is 0.227 e. The highest BCUT2D eigenvalue weighted by Crippen LogP contribution is 2.34. The summed E-state index contributed by atoms with van der Waals surface area (Å²) in [6.45, 7) is 4.56. The molecule has 7 heteroatoms. The molecule has 0 unspecified atom stereocenters. The Morgan fingerprint density at radius 2 is 1.97 bits per heavy atom. The van der Waals surface area contributed by atoms with Gasteiger partial charge in [-0.05, 0) is 31.0 Å². The molecule has 2 aromatic heterocycles. The fourth-order valence-corrected chi connectivity index (χ4v) is 5.17. The lowest BCUT2D eigenvalue weighted by Crippen LogP contribution is -2.50. The van der Waals surface area contributed by atoms with Crippen LogP contribution in [-0.2, 0) is 24.1 Å².